The molecule has 1 aliphatic rings. The van der Waals surface area contributed by atoms with E-state index in [0.717, 1.165) is 0 Å². The number of ether oxygens (including phenoxy) is 2. The number of esters is 1. The van der Waals surface area contributed by atoms with Crippen LogP contribution in [-0.2, 0) is 20.7 Å². The largest absolute Gasteiger partial charge is 0.506 e. The van der Waals surface area contributed by atoms with Gasteiger partial charge in [0.15, 0.2) is 5.78 Å². The molecule has 1 aliphatic heterocycles. The van der Waals surface area contributed by atoms with Gasteiger partial charge >= 0.3 is 5.97 Å². The maximum atomic E-state index is 12.7. The number of ketones is 2. The van der Waals surface area contributed by atoms with Crippen LogP contribution in [0.2, 0.25) is 5.02 Å². The predicted molar refractivity (Wildman–Crippen MR) is 95.9 cm³/mol. The molecule has 0 bridgehead atoms. The third-order valence-corrected chi connectivity index (χ3v) is 4.53. The van der Waals surface area contributed by atoms with Crippen LogP contribution in [0.15, 0.2) is 18.2 Å². The van der Waals surface area contributed by atoms with Crippen LogP contribution in [0.4, 0.5) is 0 Å². The Hall–Kier alpha value is -2.34. The van der Waals surface area contributed by atoms with Crippen molar-refractivity contribution in [3.63, 3.8) is 0 Å². The smallest absolute Gasteiger partial charge is 0.342 e. The lowest BCUT2D eigenvalue weighted by molar-refractivity contribution is -0.119. The number of hydrogen-bond acceptors (Lipinski definition) is 6. The normalized spacial score (nSPS) is 20.7. The summed E-state index contributed by atoms with van der Waals surface area (Å²) in [4.78, 5) is 36.7. The van der Waals surface area contributed by atoms with Crippen LogP contribution < -0.4 is 4.74 Å². The molecule has 1 heterocycles. The van der Waals surface area contributed by atoms with Crippen molar-refractivity contribution in [2.75, 3.05) is 7.11 Å². The maximum Gasteiger partial charge on any atom is 0.342 e. The topological polar surface area (TPSA) is 89.9 Å². The Morgan fingerprint density at radius 1 is 1.27 bits per heavy atom. The number of aromatic hydroxyl groups is 1. The summed E-state index contributed by atoms with van der Waals surface area (Å²) >= 11 is 6.14. The van der Waals surface area contributed by atoms with Crippen molar-refractivity contribution in [2.24, 2.45) is 0 Å². The van der Waals surface area contributed by atoms with E-state index in [-0.39, 0.29) is 52.1 Å². The summed E-state index contributed by atoms with van der Waals surface area (Å²) in [7, 11) is 1.34. The Kier molecular flexibility index (Phi) is 6.80. The third-order valence-electron chi connectivity index (χ3n) is 4.11. The van der Waals surface area contributed by atoms with E-state index in [9.17, 15) is 19.5 Å². The molecule has 140 valence electrons. The molecule has 0 saturated heterocycles. The maximum absolute atomic E-state index is 12.7. The molecule has 0 aliphatic carbocycles. The van der Waals surface area contributed by atoms with Crippen LogP contribution in [0.1, 0.15) is 48.5 Å². The number of cyclic esters (lactones) is 1. The van der Waals surface area contributed by atoms with Crippen LogP contribution in [0, 0.1) is 0 Å². The Bertz CT molecular complexity index is 753. The second kappa shape index (κ2) is 8.85. The highest BCUT2D eigenvalue weighted by Crippen LogP contribution is 2.37. The minimum atomic E-state index is -0.715. The number of rotatable bonds is 1. The van der Waals surface area contributed by atoms with E-state index in [1.165, 1.54) is 19.3 Å². The summed E-state index contributed by atoms with van der Waals surface area (Å²) in [5.74, 6) is -1.20. The van der Waals surface area contributed by atoms with Crippen LogP contribution in [-0.4, -0.2) is 35.9 Å². The van der Waals surface area contributed by atoms with Crippen molar-refractivity contribution in [1.29, 1.82) is 0 Å². The fraction of sp³-hybridized carbons (Fsp3) is 0.421. The number of carbonyl (C=O) groups excluding carboxylic acids is 3. The number of halogens is 1. The molecular weight excluding hydrogens is 360 g/mol. The van der Waals surface area contributed by atoms with Gasteiger partial charge < -0.3 is 14.6 Å². The predicted octanol–water partition coefficient (Wildman–Crippen LogP) is 3.41. The molecule has 1 aromatic rings. The molecule has 7 heteroatoms. The van der Waals surface area contributed by atoms with Gasteiger partial charge in [-0.2, -0.15) is 0 Å². The average molecular weight is 381 g/mol. The quantitative estimate of drug-likeness (QED) is 0.751. The number of allylic oxidation sites excluding steroid dienone is 2. The molecule has 1 aromatic carbocycles. The first kappa shape index (κ1) is 20.0. The second-order valence-corrected chi connectivity index (χ2v) is 6.52. The SMILES string of the molecule is COc1cc(O)c(Cl)c2c1C(=O)OC(C)CCC(=O)CC/C=C/C(=O)C2. The van der Waals surface area contributed by atoms with Crippen LogP contribution in [0.3, 0.4) is 0 Å². The molecular formula is C19H21ClO6. The molecule has 0 fully saturated rings. The molecule has 0 aromatic heterocycles. The van der Waals surface area contributed by atoms with Gasteiger partial charge in [0.05, 0.1) is 18.2 Å². The molecule has 0 saturated carbocycles. The van der Waals surface area contributed by atoms with Crippen molar-refractivity contribution in [3.05, 3.63) is 34.4 Å². The summed E-state index contributed by atoms with van der Waals surface area (Å²) < 4.78 is 10.6. The van der Waals surface area contributed by atoms with Crippen LogP contribution >= 0.6 is 11.6 Å². The first-order valence-electron chi connectivity index (χ1n) is 8.33. The highest BCUT2D eigenvalue weighted by molar-refractivity contribution is 6.33. The van der Waals surface area contributed by atoms with Gasteiger partial charge in [0.2, 0.25) is 0 Å². The molecule has 0 amide bonds. The zero-order valence-electron chi connectivity index (χ0n) is 14.7. The zero-order chi connectivity index (χ0) is 19.3. The van der Waals surface area contributed by atoms with Crippen molar-refractivity contribution < 1.29 is 29.0 Å². The number of phenols is 1. The summed E-state index contributed by atoms with van der Waals surface area (Å²) in [6, 6.07) is 1.21. The number of benzene rings is 1. The Morgan fingerprint density at radius 2 is 2.00 bits per heavy atom. The third kappa shape index (κ3) is 4.85. The number of phenolic OH excluding ortho intramolecular Hbond substituents is 1. The zero-order valence-corrected chi connectivity index (χ0v) is 15.5. The lowest BCUT2D eigenvalue weighted by Crippen LogP contribution is -2.19. The molecule has 0 spiro atoms. The number of fused-ring (bicyclic) bond motifs is 1. The van der Waals surface area contributed by atoms with E-state index in [1.54, 1.807) is 13.0 Å². The first-order chi connectivity index (χ1) is 12.3. The number of Topliss-reactive ketones (excluding diaryl/α,β-unsaturated/α-hetero) is 1. The standard InChI is InChI=1S/C19H21ClO6/c1-11-7-8-12(21)5-3-4-6-13(22)9-14-17(19(24)26-11)16(25-2)10-15(23)18(14)20/h4,6,10-11,23H,3,5,7-9H2,1-2H3/b6-4+. The minimum Gasteiger partial charge on any atom is -0.506 e. The second-order valence-electron chi connectivity index (χ2n) is 6.14. The average Bonchev–Trinajstić information content (AvgIpc) is 2.59. The van der Waals surface area contributed by atoms with E-state index in [0.29, 0.717) is 19.3 Å². The summed E-state index contributed by atoms with van der Waals surface area (Å²) in [6.07, 6.45) is 3.76. The molecule has 2 rings (SSSR count). The molecule has 0 radical (unpaired) electrons. The van der Waals surface area contributed by atoms with Crippen LogP contribution in [0.25, 0.3) is 0 Å². The monoisotopic (exact) mass is 380 g/mol. The van der Waals surface area contributed by atoms with E-state index in [2.05, 4.69) is 0 Å². The number of carbonyl (C=O) groups is 3. The van der Waals surface area contributed by atoms with Gasteiger partial charge in [-0.1, -0.05) is 17.7 Å². The first-order valence-corrected chi connectivity index (χ1v) is 8.71. The molecule has 1 unspecified atom stereocenters. The number of methoxy groups -OCH3 is 1. The lowest BCUT2D eigenvalue weighted by atomic mass is 9.99. The molecule has 26 heavy (non-hydrogen) atoms. The van der Waals surface area contributed by atoms with Gasteiger partial charge in [0.25, 0.3) is 0 Å². The Labute approximate surface area is 156 Å². The van der Waals surface area contributed by atoms with Crippen LogP contribution in [0.5, 0.6) is 11.5 Å². The molecule has 6 nitrogen and oxygen atoms in total. The Morgan fingerprint density at radius 3 is 2.69 bits per heavy atom. The van der Waals surface area contributed by atoms with Crippen molar-refractivity contribution in [3.8, 4) is 11.5 Å². The Balaban J connectivity index is 2.50. The molecule has 1 N–H and O–H groups in total. The van der Waals surface area contributed by atoms with Gasteiger partial charge in [0, 0.05) is 30.9 Å². The van der Waals surface area contributed by atoms with Gasteiger partial charge in [-0.25, -0.2) is 4.79 Å². The van der Waals surface area contributed by atoms with E-state index in [1.807, 2.05) is 0 Å². The van der Waals surface area contributed by atoms with E-state index >= 15 is 0 Å². The van der Waals surface area contributed by atoms with Gasteiger partial charge in [-0.05, 0) is 25.8 Å². The fourth-order valence-electron chi connectivity index (χ4n) is 2.71. The summed E-state index contributed by atoms with van der Waals surface area (Å²) in [5.41, 5.74) is 0.163. The van der Waals surface area contributed by atoms with Gasteiger partial charge in [0.1, 0.15) is 22.8 Å². The minimum absolute atomic E-state index is 0.00675. The van der Waals surface area contributed by atoms with Crippen molar-refractivity contribution >= 4 is 29.1 Å². The van der Waals surface area contributed by atoms with Crippen molar-refractivity contribution in [2.45, 2.75) is 45.1 Å². The van der Waals surface area contributed by atoms with Gasteiger partial charge in [-0.15, -0.1) is 0 Å². The highest BCUT2D eigenvalue weighted by atomic mass is 35.5. The van der Waals surface area contributed by atoms with E-state index < -0.39 is 12.1 Å². The fourth-order valence-corrected chi connectivity index (χ4v) is 2.92. The summed E-state index contributed by atoms with van der Waals surface area (Å²) in [5, 5.41) is 9.89. The highest BCUT2D eigenvalue weighted by Gasteiger charge is 2.26. The summed E-state index contributed by atoms with van der Waals surface area (Å²) in [6.45, 7) is 1.69. The lowest BCUT2D eigenvalue weighted by Gasteiger charge is -2.18. The van der Waals surface area contributed by atoms with Gasteiger partial charge in [-0.3, -0.25) is 9.59 Å². The van der Waals surface area contributed by atoms with Crippen molar-refractivity contribution in [1.82, 2.24) is 0 Å². The van der Waals surface area contributed by atoms with E-state index in [4.69, 9.17) is 21.1 Å². The molecule has 1 atom stereocenters. The number of hydrogen-bond donors (Lipinski definition) is 1.